The summed E-state index contributed by atoms with van der Waals surface area (Å²) >= 11 is 0. The van der Waals surface area contributed by atoms with Crippen LogP contribution in [-0.2, 0) is 6.42 Å². The highest BCUT2D eigenvalue weighted by Crippen LogP contribution is 2.11. The number of halogens is 2. The van der Waals surface area contributed by atoms with Crippen LogP contribution in [0, 0.1) is 18.6 Å². The van der Waals surface area contributed by atoms with E-state index in [-0.39, 0.29) is 0 Å². The van der Waals surface area contributed by atoms with Crippen LogP contribution in [0.2, 0.25) is 0 Å². The van der Waals surface area contributed by atoms with Crippen molar-refractivity contribution < 1.29 is 8.78 Å². The third kappa shape index (κ3) is 3.53. The third-order valence-corrected chi connectivity index (χ3v) is 1.89. The minimum atomic E-state index is -0.496. The van der Waals surface area contributed by atoms with E-state index in [1.807, 2.05) is 0 Å². The molecule has 1 aromatic carbocycles. The van der Waals surface area contributed by atoms with Crippen molar-refractivity contribution in [2.24, 2.45) is 0 Å². The Balaban J connectivity index is 2.56. The number of rotatable bonds is 4. The van der Waals surface area contributed by atoms with E-state index in [0.29, 0.717) is 0 Å². The van der Waals surface area contributed by atoms with Crippen LogP contribution in [0.1, 0.15) is 24.8 Å². The van der Waals surface area contributed by atoms with E-state index < -0.39 is 11.6 Å². The van der Waals surface area contributed by atoms with Crippen molar-refractivity contribution in [3.05, 3.63) is 42.3 Å². The molecule has 71 valence electrons. The molecule has 0 N–H and O–H groups in total. The number of aryl methyl sites for hydroxylation is 1. The first-order valence-electron chi connectivity index (χ1n) is 4.46. The third-order valence-electron chi connectivity index (χ3n) is 1.89. The van der Waals surface area contributed by atoms with Gasteiger partial charge < -0.3 is 0 Å². The molecule has 0 spiro atoms. The van der Waals surface area contributed by atoms with Crippen molar-refractivity contribution in [2.45, 2.75) is 25.7 Å². The van der Waals surface area contributed by atoms with Crippen molar-refractivity contribution in [2.75, 3.05) is 0 Å². The number of benzene rings is 1. The van der Waals surface area contributed by atoms with Gasteiger partial charge in [-0.2, -0.15) is 0 Å². The second kappa shape index (κ2) is 4.95. The number of hydrogen-bond donors (Lipinski definition) is 0. The first-order valence-corrected chi connectivity index (χ1v) is 4.46. The van der Waals surface area contributed by atoms with Gasteiger partial charge in [0.15, 0.2) is 0 Å². The molecule has 0 aromatic heterocycles. The predicted octanol–water partition coefficient (Wildman–Crippen LogP) is 3.51. The molecule has 1 aromatic rings. The smallest absolute Gasteiger partial charge is 0.126 e. The molecule has 1 rings (SSSR count). The fraction of sp³-hybridized carbons (Fsp3) is 0.364. The molecule has 0 aliphatic heterocycles. The second-order valence-corrected chi connectivity index (χ2v) is 3.09. The van der Waals surface area contributed by atoms with Gasteiger partial charge in [0.1, 0.15) is 11.6 Å². The summed E-state index contributed by atoms with van der Waals surface area (Å²) in [5.74, 6) is -0.991. The Morgan fingerprint density at radius 1 is 1.00 bits per heavy atom. The van der Waals surface area contributed by atoms with Gasteiger partial charge in [-0.3, -0.25) is 0 Å². The van der Waals surface area contributed by atoms with Crippen LogP contribution in [0.4, 0.5) is 8.78 Å². The Morgan fingerprint density at radius 2 is 1.62 bits per heavy atom. The molecular weight excluding hydrogens is 170 g/mol. The average molecular weight is 183 g/mol. The molecule has 0 aliphatic carbocycles. The summed E-state index contributed by atoms with van der Waals surface area (Å²) in [6, 6.07) is 3.66. The maximum Gasteiger partial charge on any atom is 0.126 e. The van der Waals surface area contributed by atoms with Gasteiger partial charge in [0, 0.05) is 6.07 Å². The fourth-order valence-corrected chi connectivity index (χ4v) is 1.26. The van der Waals surface area contributed by atoms with Gasteiger partial charge >= 0.3 is 0 Å². The zero-order valence-corrected chi connectivity index (χ0v) is 7.52. The number of hydrogen-bond acceptors (Lipinski definition) is 0. The zero-order chi connectivity index (χ0) is 9.68. The molecule has 0 aliphatic rings. The van der Waals surface area contributed by atoms with E-state index in [2.05, 4.69) is 6.92 Å². The van der Waals surface area contributed by atoms with Crippen LogP contribution >= 0.6 is 0 Å². The van der Waals surface area contributed by atoms with E-state index in [1.54, 1.807) is 0 Å². The monoisotopic (exact) mass is 183 g/mol. The highest BCUT2D eigenvalue weighted by Gasteiger charge is 1.99. The molecule has 2 heteroatoms. The lowest BCUT2D eigenvalue weighted by atomic mass is 10.1. The molecule has 0 bridgehead atoms. The molecule has 0 nitrogen and oxygen atoms in total. The molecule has 0 unspecified atom stereocenters. The van der Waals surface area contributed by atoms with Gasteiger partial charge in [-0.05, 0) is 30.5 Å². The predicted molar refractivity (Wildman–Crippen MR) is 49.3 cm³/mol. The Bertz CT molecular complexity index is 249. The van der Waals surface area contributed by atoms with Crippen molar-refractivity contribution in [3.63, 3.8) is 0 Å². The molecule has 1 radical (unpaired) electrons. The molecule has 0 fully saturated rings. The lowest BCUT2D eigenvalue weighted by molar-refractivity contribution is 0.578. The van der Waals surface area contributed by atoms with Gasteiger partial charge in [-0.25, -0.2) is 8.78 Å². The molecule has 13 heavy (non-hydrogen) atoms. The zero-order valence-electron chi connectivity index (χ0n) is 7.52. The van der Waals surface area contributed by atoms with Gasteiger partial charge in [0.25, 0.3) is 0 Å². The molecule has 0 amide bonds. The normalized spacial score (nSPS) is 10.4. The van der Waals surface area contributed by atoms with Gasteiger partial charge in [0.2, 0.25) is 0 Å². The van der Waals surface area contributed by atoms with E-state index in [0.717, 1.165) is 37.3 Å². The van der Waals surface area contributed by atoms with Crippen LogP contribution in [0.15, 0.2) is 18.2 Å². The summed E-state index contributed by atoms with van der Waals surface area (Å²) in [4.78, 5) is 0. The SMILES string of the molecule is [CH2]CCCCc1cc(F)cc(F)c1. The van der Waals surface area contributed by atoms with E-state index in [4.69, 9.17) is 0 Å². The first kappa shape index (κ1) is 10.2. The van der Waals surface area contributed by atoms with E-state index in [9.17, 15) is 8.78 Å². The highest BCUT2D eigenvalue weighted by molar-refractivity contribution is 5.17. The van der Waals surface area contributed by atoms with Crippen molar-refractivity contribution >= 4 is 0 Å². The summed E-state index contributed by atoms with van der Waals surface area (Å²) in [6.45, 7) is 3.70. The van der Waals surface area contributed by atoms with Gasteiger partial charge in [-0.1, -0.05) is 19.8 Å². The van der Waals surface area contributed by atoms with Crippen LogP contribution < -0.4 is 0 Å². The first-order chi connectivity index (χ1) is 6.22. The van der Waals surface area contributed by atoms with Crippen molar-refractivity contribution in [1.82, 2.24) is 0 Å². The van der Waals surface area contributed by atoms with Gasteiger partial charge in [0.05, 0.1) is 0 Å². The Morgan fingerprint density at radius 3 is 2.15 bits per heavy atom. The average Bonchev–Trinajstić information content (AvgIpc) is 2.03. The lowest BCUT2D eigenvalue weighted by Crippen LogP contribution is -1.89. The minimum Gasteiger partial charge on any atom is -0.207 e. The van der Waals surface area contributed by atoms with E-state index >= 15 is 0 Å². The molecule has 0 atom stereocenters. The van der Waals surface area contributed by atoms with Crippen LogP contribution in [0.25, 0.3) is 0 Å². The van der Waals surface area contributed by atoms with Gasteiger partial charge in [-0.15, -0.1) is 0 Å². The summed E-state index contributed by atoms with van der Waals surface area (Å²) < 4.78 is 25.4. The lowest BCUT2D eigenvalue weighted by Gasteiger charge is -2.00. The molecular formula is C11H13F2. The fourth-order valence-electron chi connectivity index (χ4n) is 1.26. The summed E-state index contributed by atoms with van der Waals surface area (Å²) in [5, 5.41) is 0. The second-order valence-electron chi connectivity index (χ2n) is 3.09. The minimum absolute atomic E-state index is 0.496. The molecule has 0 saturated heterocycles. The maximum absolute atomic E-state index is 12.7. The Kier molecular flexibility index (Phi) is 3.87. The largest absolute Gasteiger partial charge is 0.207 e. The summed E-state index contributed by atoms with van der Waals surface area (Å²) in [7, 11) is 0. The summed E-state index contributed by atoms with van der Waals surface area (Å²) in [5.41, 5.74) is 0.728. The van der Waals surface area contributed by atoms with Crippen molar-refractivity contribution in [1.29, 1.82) is 0 Å². The standard InChI is InChI=1S/C11H13F2/c1-2-3-4-5-9-6-10(12)8-11(13)7-9/h6-8H,1-5H2. The highest BCUT2D eigenvalue weighted by atomic mass is 19.1. The van der Waals surface area contributed by atoms with Crippen LogP contribution in [0.3, 0.4) is 0 Å². The Hall–Kier alpha value is -0.920. The van der Waals surface area contributed by atoms with Crippen LogP contribution in [-0.4, -0.2) is 0 Å². The molecule has 0 saturated carbocycles. The number of unbranched alkanes of at least 4 members (excludes halogenated alkanes) is 2. The van der Waals surface area contributed by atoms with Crippen molar-refractivity contribution in [3.8, 4) is 0 Å². The Labute approximate surface area is 77.6 Å². The summed E-state index contributed by atoms with van der Waals surface area (Å²) in [6.07, 6.45) is 3.53. The maximum atomic E-state index is 12.7. The quantitative estimate of drug-likeness (QED) is 0.626. The molecule has 0 heterocycles. The van der Waals surface area contributed by atoms with E-state index in [1.165, 1.54) is 12.1 Å². The topological polar surface area (TPSA) is 0 Å². The van der Waals surface area contributed by atoms with Crippen LogP contribution in [0.5, 0.6) is 0 Å².